The maximum atomic E-state index is 10.5. The average Bonchev–Trinajstić information content (AvgIpc) is 2.53. The van der Waals surface area contributed by atoms with Crippen LogP contribution in [0.1, 0.15) is 72.0 Å². The van der Waals surface area contributed by atoms with Gasteiger partial charge in [0.05, 0.1) is 12.2 Å². The van der Waals surface area contributed by atoms with E-state index < -0.39 is 14.4 Å². The van der Waals surface area contributed by atoms with E-state index in [4.69, 9.17) is 4.43 Å². The number of rotatable bonds is 10. The normalized spacial score (nSPS) is 16.5. The summed E-state index contributed by atoms with van der Waals surface area (Å²) in [5.74, 6) is 0.383. The van der Waals surface area contributed by atoms with Crippen molar-refractivity contribution >= 4 is 8.32 Å². The maximum Gasteiger partial charge on any atom is 0.192 e. The Morgan fingerprint density at radius 1 is 1.00 bits per heavy atom. The largest absolute Gasteiger partial charge is 0.414 e. The first kappa shape index (κ1) is 23.4. The standard InChI is InChI=1S/C22H40O3Si/c1-17(2)21(25-26(6,7)22(3,4)5)16-19(23)14-11-15-20(24)18-12-9-8-10-13-18/h8-10,12-13,17,19-21,23-24H,11,14-16H2,1-7H3/t19-,20+,21-/m0/s1. The number of hydrogen-bond acceptors (Lipinski definition) is 3. The fourth-order valence-corrected chi connectivity index (χ4v) is 4.27. The summed E-state index contributed by atoms with van der Waals surface area (Å²) >= 11 is 0. The van der Waals surface area contributed by atoms with Crippen molar-refractivity contribution in [3.8, 4) is 0 Å². The van der Waals surface area contributed by atoms with Crippen molar-refractivity contribution in [2.24, 2.45) is 5.92 Å². The van der Waals surface area contributed by atoms with E-state index in [1.54, 1.807) is 0 Å². The van der Waals surface area contributed by atoms with Gasteiger partial charge >= 0.3 is 0 Å². The predicted octanol–water partition coefficient (Wildman–Crippen LogP) is 5.69. The van der Waals surface area contributed by atoms with Crippen molar-refractivity contribution < 1.29 is 14.6 Å². The summed E-state index contributed by atoms with van der Waals surface area (Å²) in [6.07, 6.45) is 2.12. The molecule has 0 aliphatic heterocycles. The fourth-order valence-electron chi connectivity index (χ4n) is 2.79. The highest BCUT2D eigenvalue weighted by molar-refractivity contribution is 6.74. The minimum atomic E-state index is -1.84. The molecule has 0 spiro atoms. The molecule has 0 saturated carbocycles. The second kappa shape index (κ2) is 10.0. The van der Waals surface area contributed by atoms with Crippen molar-refractivity contribution in [3.63, 3.8) is 0 Å². The van der Waals surface area contributed by atoms with Gasteiger partial charge in [-0.2, -0.15) is 0 Å². The van der Waals surface area contributed by atoms with Crippen molar-refractivity contribution in [2.45, 2.75) is 96.7 Å². The minimum absolute atomic E-state index is 0.0879. The van der Waals surface area contributed by atoms with E-state index in [0.717, 1.165) is 12.0 Å². The molecular formula is C22H40O3Si. The molecule has 150 valence electrons. The number of aliphatic hydroxyl groups is 2. The van der Waals surface area contributed by atoms with Crippen LogP contribution in [0.2, 0.25) is 18.1 Å². The lowest BCUT2D eigenvalue weighted by atomic mass is 9.97. The van der Waals surface area contributed by atoms with Crippen LogP contribution >= 0.6 is 0 Å². The van der Waals surface area contributed by atoms with Crippen LogP contribution in [-0.2, 0) is 4.43 Å². The first-order valence-electron chi connectivity index (χ1n) is 10.0. The molecule has 4 heteroatoms. The molecule has 0 saturated heterocycles. The van der Waals surface area contributed by atoms with Crippen LogP contribution in [0.25, 0.3) is 0 Å². The van der Waals surface area contributed by atoms with Gasteiger partial charge in [-0.3, -0.25) is 0 Å². The third kappa shape index (κ3) is 7.51. The second-order valence-electron chi connectivity index (χ2n) is 9.41. The highest BCUT2D eigenvalue weighted by Gasteiger charge is 2.40. The Morgan fingerprint density at radius 2 is 1.58 bits per heavy atom. The molecule has 0 aromatic heterocycles. The van der Waals surface area contributed by atoms with Crippen LogP contribution < -0.4 is 0 Å². The Kier molecular flexibility index (Phi) is 9.00. The molecule has 3 atom stereocenters. The summed E-state index contributed by atoms with van der Waals surface area (Å²) in [6.45, 7) is 15.6. The topological polar surface area (TPSA) is 49.7 Å². The molecule has 0 fully saturated rings. The first-order valence-corrected chi connectivity index (χ1v) is 12.9. The highest BCUT2D eigenvalue weighted by Crippen LogP contribution is 2.38. The Morgan fingerprint density at radius 3 is 2.08 bits per heavy atom. The fraction of sp³-hybridized carbons (Fsp3) is 0.727. The molecule has 0 aliphatic carbocycles. The van der Waals surface area contributed by atoms with Crippen LogP contribution in [0.15, 0.2) is 30.3 Å². The highest BCUT2D eigenvalue weighted by atomic mass is 28.4. The molecule has 1 aromatic carbocycles. The van der Waals surface area contributed by atoms with Gasteiger partial charge in [0.15, 0.2) is 8.32 Å². The molecule has 0 heterocycles. The number of hydrogen-bond donors (Lipinski definition) is 2. The van der Waals surface area contributed by atoms with Crippen LogP contribution in [-0.4, -0.2) is 30.7 Å². The predicted molar refractivity (Wildman–Crippen MR) is 113 cm³/mol. The van der Waals surface area contributed by atoms with E-state index in [0.29, 0.717) is 25.2 Å². The van der Waals surface area contributed by atoms with Gasteiger partial charge in [0, 0.05) is 6.10 Å². The lowest BCUT2D eigenvalue weighted by Gasteiger charge is -2.41. The van der Waals surface area contributed by atoms with Gasteiger partial charge in [-0.15, -0.1) is 0 Å². The Bertz CT molecular complexity index is 508. The van der Waals surface area contributed by atoms with Crippen molar-refractivity contribution in [1.29, 1.82) is 0 Å². The Labute approximate surface area is 161 Å². The average molecular weight is 381 g/mol. The molecule has 3 nitrogen and oxygen atoms in total. The molecule has 26 heavy (non-hydrogen) atoms. The molecule has 1 rings (SSSR count). The molecular weight excluding hydrogens is 340 g/mol. The van der Waals surface area contributed by atoms with Gasteiger partial charge in [-0.25, -0.2) is 0 Å². The van der Waals surface area contributed by atoms with E-state index in [-0.39, 0.29) is 17.2 Å². The van der Waals surface area contributed by atoms with Gasteiger partial charge in [-0.1, -0.05) is 65.0 Å². The summed E-state index contributed by atoms with van der Waals surface area (Å²) < 4.78 is 6.56. The van der Waals surface area contributed by atoms with Gasteiger partial charge in [0.1, 0.15) is 0 Å². The smallest absolute Gasteiger partial charge is 0.192 e. The molecule has 0 amide bonds. The minimum Gasteiger partial charge on any atom is -0.414 e. The molecule has 0 radical (unpaired) electrons. The van der Waals surface area contributed by atoms with Crippen molar-refractivity contribution in [3.05, 3.63) is 35.9 Å². The van der Waals surface area contributed by atoms with E-state index >= 15 is 0 Å². The summed E-state index contributed by atoms with van der Waals surface area (Å²) in [5.41, 5.74) is 0.948. The summed E-state index contributed by atoms with van der Waals surface area (Å²) in [5, 5.41) is 20.9. The maximum absolute atomic E-state index is 10.5. The Hall–Kier alpha value is -0.683. The summed E-state index contributed by atoms with van der Waals surface area (Å²) in [6, 6.07) is 9.73. The van der Waals surface area contributed by atoms with Gasteiger partial charge in [0.2, 0.25) is 0 Å². The van der Waals surface area contributed by atoms with E-state index in [2.05, 4.69) is 47.7 Å². The zero-order valence-electron chi connectivity index (χ0n) is 17.8. The van der Waals surface area contributed by atoms with Gasteiger partial charge in [-0.05, 0) is 55.3 Å². The van der Waals surface area contributed by atoms with Crippen LogP contribution in [0, 0.1) is 5.92 Å². The number of benzene rings is 1. The van der Waals surface area contributed by atoms with E-state index in [1.807, 2.05) is 30.3 Å². The molecule has 1 aromatic rings. The van der Waals surface area contributed by atoms with Crippen molar-refractivity contribution in [2.75, 3.05) is 0 Å². The molecule has 0 unspecified atom stereocenters. The van der Waals surface area contributed by atoms with Gasteiger partial charge < -0.3 is 14.6 Å². The number of aliphatic hydroxyl groups excluding tert-OH is 2. The molecule has 0 aliphatic rings. The zero-order valence-corrected chi connectivity index (χ0v) is 18.8. The molecule has 2 N–H and O–H groups in total. The van der Waals surface area contributed by atoms with E-state index in [9.17, 15) is 10.2 Å². The second-order valence-corrected chi connectivity index (χ2v) is 14.2. The third-order valence-corrected chi connectivity index (χ3v) is 10.2. The summed E-state index contributed by atoms with van der Waals surface area (Å²) in [4.78, 5) is 0. The lowest BCUT2D eigenvalue weighted by molar-refractivity contribution is 0.0531. The van der Waals surface area contributed by atoms with Crippen molar-refractivity contribution in [1.82, 2.24) is 0 Å². The van der Waals surface area contributed by atoms with Crippen LogP contribution in [0.5, 0.6) is 0 Å². The van der Waals surface area contributed by atoms with Crippen LogP contribution in [0.4, 0.5) is 0 Å². The third-order valence-electron chi connectivity index (χ3n) is 5.70. The van der Waals surface area contributed by atoms with Gasteiger partial charge in [0.25, 0.3) is 0 Å². The monoisotopic (exact) mass is 380 g/mol. The van der Waals surface area contributed by atoms with E-state index in [1.165, 1.54) is 0 Å². The van der Waals surface area contributed by atoms with Crippen LogP contribution in [0.3, 0.4) is 0 Å². The zero-order chi connectivity index (χ0) is 20.0. The SMILES string of the molecule is CC(C)[C@H](C[C@@H](O)CCC[C@@H](O)c1ccccc1)O[Si](C)(C)C(C)(C)C. The summed E-state index contributed by atoms with van der Waals surface area (Å²) in [7, 11) is -1.84. The molecule has 0 bridgehead atoms. The lowest BCUT2D eigenvalue weighted by Crippen LogP contribution is -2.46. The first-order chi connectivity index (χ1) is 11.9. The quantitative estimate of drug-likeness (QED) is 0.513. The Balaban J connectivity index is 2.49.